The predicted molar refractivity (Wildman–Crippen MR) is 49.2 cm³/mol. The summed E-state index contributed by atoms with van der Waals surface area (Å²) in [7, 11) is 0. The van der Waals surface area contributed by atoms with Crippen molar-refractivity contribution in [2.45, 2.75) is 12.2 Å². The highest BCUT2D eigenvalue weighted by Crippen LogP contribution is 2.19. The van der Waals surface area contributed by atoms with E-state index in [1.54, 1.807) is 0 Å². The number of hydrogen-bond donors (Lipinski definition) is 4. The first-order chi connectivity index (χ1) is 7.07. The minimum Gasteiger partial charge on any atom is -0.477 e. The summed E-state index contributed by atoms with van der Waals surface area (Å²) in [4.78, 5) is 14.3. The van der Waals surface area contributed by atoms with Gasteiger partial charge in [0.2, 0.25) is 0 Å². The van der Waals surface area contributed by atoms with Crippen LogP contribution in [0, 0.1) is 0 Å². The predicted octanol–water partition coefficient (Wildman–Crippen LogP) is -0.834. The van der Waals surface area contributed by atoms with Gasteiger partial charge < -0.3 is 20.4 Å². The van der Waals surface area contributed by atoms with Crippen LogP contribution < -0.4 is 0 Å². The number of carboxylic acids is 1. The average molecular weight is 213 g/mol. The topological polar surface area (TPSA) is 111 Å². The summed E-state index contributed by atoms with van der Waals surface area (Å²) in [5.41, 5.74) is -0.357. The van der Waals surface area contributed by atoms with Gasteiger partial charge in [0.15, 0.2) is 5.69 Å². The van der Waals surface area contributed by atoms with Gasteiger partial charge in [-0.15, -0.1) is 0 Å². The maximum Gasteiger partial charge on any atom is 0.354 e. The lowest BCUT2D eigenvalue weighted by Crippen LogP contribution is -2.24. The second-order valence-corrected chi connectivity index (χ2v) is 2.94. The maximum absolute atomic E-state index is 10.7. The van der Waals surface area contributed by atoms with Crippen molar-refractivity contribution in [3.05, 3.63) is 29.6 Å². The van der Waals surface area contributed by atoms with Gasteiger partial charge in [0.05, 0.1) is 6.61 Å². The van der Waals surface area contributed by atoms with Gasteiger partial charge in [0.25, 0.3) is 0 Å². The Morgan fingerprint density at radius 1 is 1.47 bits per heavy atom. The fourth-order valence-electron chi connectivity index (χ4n) is 1.14. The highest BCUT2D eigenvalue weighted by molar-refractivity contribution is 5.87. The first-order valence-corrected chi connectivity index (χ1v) is 4.23. The van der Waals surface area contributed by atoms with Crippen LogP contribution in [0.5, 0.6) is 0 Å². The van der Waals surface area contributed by atoms with Crippen molar-refractivity contribution in [3.63, 3.8) is 0 Å². The molecule has 0 radical (unpaired) electrons. The van der Waals surface area contributed by atoms with Gasteiger partial charge in [-0.25, -0.2) is 9.78 Å². The van der Waals surface area contributed by atoms with E-state index in [4.69, 9.17) is 15.3 Å². The molecule has 2 unspecified atom stereocenters. The van der Waals surface area contributed by atoms with E-state index in [-0.39, 0.29) is 11.3 Å². The number of aromatic nitrogens is 1. The third kappa shape index (κ3) is 2.50. The van der Waals surface area contributed by atoms with E-state index < -0.39 is 24.8 Å². The number of aliphatic hydroxyl groups excluding tert-OH is 3. The molecule has 1 aromatic rings. The van der Waals surface area contributed by atoms with Gasteiger partial charge in [-0.3, -0.25) is 0 Å². The molecule has 0 aliphatic heterocycles. The van der Waals surface area contributed by atoms with Gasteiger partial charge in [0.1, 0.15) is 12.2 Å². The third-order valence-electron chi connectivity index (χ3n) is 1.91. The molecular formula is C9H11NO5. The molecule has 0 aromatic carbocycles. The zero-order valence-corrected chi connectivity index (χ0v) is 7.74. The van der Waals surface area contributed by atoms with Crippen LogP contribution in [0.25, 0.3) is 0 Å². The molecule has 0 saturated heterocycles. The smallest absolute Gasteiger partial charge is 0.354 e. The van der Waals surface area contributed by atoms with Crippen LogP contribution in [0.3, 0.4) is 0 Å². The summed E-state index contributed by atoms with van der Waals surface area (Å²) in [5.74, 6) is -1.30. The van der Waals surface area contributed by atoms with Gasteiger partial charge in [-0.1, -0.05) is 6.07 Å². The minimum absolute atomic E-state index is 0.0217. The van der Waals surface area contributed by atoms with Crippen LogP contribution in [-0.4, -0.2) is 44.1 Å². The van der Waals surface area contributed by atoms with Crippen LogP contribution in [-0.2, 0) is 0 Å². The van der Waals surface area contributed by atoms with E-state index in [0.717, 1.165) is 0 Å². The Kier molecular flexibility index (Phi) is 3.73. The molecule has 0 saturated carbocycles. The molecule has 0 bridgehead atoms. The number of pyridine rings is 1. The Morgan fingerprint density at radius 2 is 2.13 bits per heavy atom. The van der Waals surface area contributed by atoms with Crippen molar-refractivity contribution in [1.82, 2.24) is 4.98 Å². The molecule has 15 heavy (non-hydrogen) atoms. The van der Waals surface area contributed by atoms with Crippen LogP contribution in [0.15, 0.2) is 18.3 Å². The van der Waals surface area contributed by atoms with Gasteiger partial charge in [0, 0.05) is 11.8 Å². The highest BCUT2D eigenvalue weighted by Gasteiger charge is 2.23. The molecule has 1 rings (SSSR count). The summed E-state index contributed by atoms with van der Waals surface area (Å²) in [6, 6.07) is 2.77. The number of carboxylic acid groups (broad SMARTS) is 1. The van der Waals surface area contributed by atoms with E-state index >= 15 is 0 Å². The molecule has 4 N–H and O–H groups in total. The fraction of sp³-hybridized carbons (Fsp3) is 0.333. The second kappa shape index (κ2) is 4.83. The fourth-order valence-corrected chi connectivity index (χ4v) is 1.14. The lowest BCUT2D eigenvalue weighted by atomic mass is 10.0. The largest absolute Gasteiger partial charge is 0.477 e. The van der Waals surface area contributed by atoms with Crippen molar-refractivity contribution in [3.8, 4) is 0 Å². The normalized spacial score (nSPS) is 14.6. The highest BCUT2D eigenvalue weighted by atomic mass is 16.4. The van der Waals surface area contributed by atoms with E-state index in [1.165, 1.54) is 18.3 Å². The molecule has 0 aliphatic carbocycles. The number of aromatic carboxylic acids is 1. The molecular weight excluding hydrogens is 202 g/mol. The quantitative estimate of drug-likeness (QED) is 0.519. The van der Waals surface area contributed by atoms with Crippen molar-refractivity contribution in [1.29, 1.82) is 0 Å². The summed E-state index contributed by atoms with van der Waals surface area (Å²) in [6.07, 6.45) is -1.62. The van der Waals surface area contributed by atoms with Crippen LogP contribution in [0.1, 0.15) is 22.2 Å². The minimum atomic E-state index is -1.46. The van der Waals surface area contributed by atoms with E-state index in [9.17, 15) is 9.90 Å². The average Bonchev–Trinajstić information content (AvgIpc) is 2.27. The Labute approximate surface area is 85.4 Å². The van der Waals surface area contributed by atoms with Gasteiger partial charge >= 0.3 is 5.97 Å². The number of aliphatic hydroxyl groups is 3. The molecule has 1 aromatic heterocycles. The van der Waals surface area contributed by atoms with E-state index in [2.05, 4.69) is 4.98 Å². The lowest BCUT2D eigenvalue weighted by molar-refractivity contribution is -0.0160. The summed E-state index contributed by atoms with van der Waals surface area (Å²) in [6.45, 7) is -0.658. The molecule has 0 amide bonds. The number of carbonyl (C=O) groups is 1. The van der Waals surface area contributed by atoms with Crippen LogP contribution >= 0.6 is 0 Å². The monoisotopic (exact) mass is 213 g/mol. The SMILES string of the molecule is O=C(O)c1ncccc1C(O)C(O)CO. The zero-order valence-electron chi connectivity index (χ0n) is 7.74. The van der Waals surface area contributed by atoms with Crippen molar-refractivity contribution < 1.29 is 25.2 Å². The van der Waals surface area contributed by atoms with Crippen LogP contribution in [0.2, 0.25) is 0 Å². The number of nitrogens with zero attached hydrogens (tertiary/aromatic N) is 1. The van der Waals surface area contributed by atoms with E-state index in [0.29, 0.717) is 0 Å². The molecule has 6 heteroatoms. The Bertz CT molecular complexity index is 354. The van der Waals surface area contributed by atoms with Crippen molar-refractivity contribution >= 4 is 5.97 Å². The molecule has 2 atom stereocenters. The Morgan fingerprint density at radius 3 is 2.67 bits per heavy atom. The van der Waals surface area contributed by atoms with Gasteiger partial charge in [-0.2, -0.15) is 0 Å². The summed E-state index contributed by atoms with van der Waals surface area (Å²) < 4.78 is 0. The van der Waals surface area contributed by atoms with E-state index in [1.807, 2.05) is 0 Å². The van der Waals surface area contributed by atoms with Crippen LogP contribution in [0.4, 0.5) is 0 Å². The first-order valence-electron chi connectivity index (χ1n) is 4.23. The molecule has 82 valence electrons. The van der Waals surface area contributed by atoms with Crippen molar-refractivity contribution in [2.24, 2.45) is 0 Å². The second-order valence-electron chi connectivity index (χ2n) is 2.94. The molecule has 1 heterocycles. The number of rotatable bonds is 4. The molecule has 0 spiro atoms. The first kappa shape index (κ1) is 11.6. The van der Waals surface area contributed by atoms with Gasteiger partial charge in [-0.05, 0) is 6.07 Å². The summed E-state index contributed by atoms with van der Waals surface area (Å²) in [5, 5.41) is 36.0. The third-order valence-corrected chi connectivity index (χ3v) is 1.91. The standard InChI is InChI=1S/C9H11NO5/c11-4-6(12)8(13)5-2-1-3-10-7(5)9(14)15/h1-3,6,8,11-13H,4H2,(H,14,15). The maximum atomic E-state index is 10.7. The Balaban J connectivity index is 3.07. The zero-order chi connectivity index (χ0) is 11.4. The van der Waals surface area contributed by atoms with Crippen molar-refractivity contribution in [2.75, 3.05) is 6.61 Å². The Hall–Kier alpha value is -1.50. The number of hydrogen-bond acceptors (Lipinski definition) is 5. The molecule has 0 fully saturated rings. The summed E-state index contributed by atoms with van der Waals surface area (Å²) >= 11 is 0. The molecule has 0 aliphatic rings. The lowest BCUT2D eigenvalue weighted by Gasteiger charge is -2.16. The molecule has 6 nitrogen and oxygen atoms in total.